The summed E-state index contributed by atoms with van der Waals surface area (Å²) in [5, 5.41) is 5.64. The molecule has 3 aromatic rings. The first-order valence-corrected chi connectivity index (χ1v) is 14.7. The zero-order valence-corrected chi connectivity index (χ0v) is 23.7. The normalized spacial score (nSPS) is 17.1. The Kier molecular flexibility index (Phi) is 7.91. The molecule has 3 heterocycles. The number of anilines is 1. The first kappa shape index (κ1) is 27.5. The van der Waals surface area contributed by atoms with Crippen molar-refractivity contribution in [3.8, 4) is 11.5 Å². The van der Waals surface area contributed by atoms with E-state index in [1.54, 1.807) is 18.2 Å². The molecule has 0 aromatic heterocycles. The van der Waals surface area contributed by atoms with E-state index in [9.17, 15) is 14.4 Å². The lowest BCUT2D eigenvalue weighted by molar-refractivity contribution is -0.128. The molecule has 3 amide bonds. The van der Waals surface area contributed by atoms with E-state index in [4.69, 9.17) is 14.5 Å². The lowest BCUT2D eigenvalue weighted by Crippen LogP contribution is -2.43. The fraction of sp³-hybridized carbons (Fsp3) is 0.258. The Balaban J connectivity index is 1.16. The molecule has 214 valence electrons. The highest BCUT2D eigenvalue weighted by molar-refractivity contribution is 8.15. The van der Waals surface area contributed by atoms with E-state index >= 15 is 0 Å². The summed E-state index contributed by atoms with van der Waals surface area (Å²) in [7, 11) is 0. The number of amidine groups is 2. The molecule has 10 nitrogen and oxygen atoms in total. The van der Waals surface area contributed by atoms with Gasteiger partial charge in [0.25, 0.3) is 5.91 Å². The summed E-state index contributed by atoms with van der Waals surface area (Å²) in [5.41, 5.74) is 3.06. The third-order valence-electron chi connectivity index (χ3n) is 7.06. The van der Waals surface area contributed by atoms with Crippen LogP contribution in [-0.4, -0.2) is 58.3 Å². The number of para-hydroxylation sites is 1. The Morgan fingerprint density at radius 3 is 2.67 bits per heavy atom. The number of aliphatic imine (C=N–C) groups is 2. The number of nitrogens with zero attached hydrogens (tertiary/aromatic N) is 3. The summed E-state index contributed by atoms with van der Waals surface area (Å²) < 4.78 is 10.8. The molecule has 0 aliphatic carbocycles. The number of hydrogen-bond acceptors (Lipinski definition) is 8. The SMILES string of the molecule is CC[C@H](SC1=Nc2ccccc2C2=N[C@H](CC(=O)NCCc3ccccc3)C(=O)N12)C(=O)Nc1ccc2c(c1)OCO2. The molecular formula is C31H29N5O5S. The van der Waals surface area contributed by atoms with Crippen LogP contribution in [0.4, 0.5) is 11.4 Å². The zero-order chi connectivity index (χ0) is 29.1. The second-order valence-corrected chi connectivity index (χ2v) is 11.1. The van der Waals surface area contributed by atoms with Gasteiger partial charge in [-0.3, -0.25) is 19.4 Å². The van der Waals surface area contributed by atoms with Crippen LogP contribution >= 0.6 is 11.8 Å². The average molecular weight is 584 g/mol. The molecule has 6 rings (SSSR count). The van der Waals surface area contributed by atoms with Crippen LogP contribution in [-0.2, 0) is 20.8 Å². The molecular weight excluding hydrogens is 554 g/mol. The molecule has 3 aromatic carbocycles. The van der Waals surface area contributed by atoms with Crippen LogP contribution in [0.5, 0.6) is 11.5 Å². The van der Waals surface area contributed by atoms with Crippen molar-refractivity contribution < 1.29 is 23.9 Å². The fourth-order valence-electron chi connectivity index (χ4n) is 4.90. The van der Waals surface area contributed by atoms with E-state index in [0.717, 1.165) is 5.56 Å². The first-order valence-electron chi connectivity index (χ1n) is 13.8. The number of ether oxygens (including phenoxy) is 2. The number of carbonyl (C=O) groups excluding carboxylic acids is 3. The standard InChI is InChI=1S/C31H29N5O5S/c1-2-26(29(38)33-20-12-13-24-25(16-20)41-18-40-24)42-31-35-22-11-7-6-10-21(22)28-34-23(30(39)36(28)31)17-27(37)32-15-14-19-8-4-3-5-9-19/h3-13,16,23,26H,2,14-15,17-18H2,1H3,(H,32,37)(H,33,38)/t23-,26+/m1/s1. The molecule has 0 radical (unpaired) electrons. The van der Waals surface area contributed by atoms with Gasteiger partial charge in [0.2, 0.25) is 18.6 Å². The van der Waals surface area contributed by atoms with E-state index in [1.165, 1.54) is 16.7 Å². The molecule has 3 aliphatic rings. The van der Waals surface area contributed by atoms with Crippen molar-refractivity contribution in [3.05, 3.63) is 83.9 Å². The number of carbonyl (C=O) groups is 3. The lowest BCUT2D eigenvalue weighted by atomic mass is 10.1. The molecule has 0 fully saturated rings. The number of benzene rings is 3. The Morgan fingerprint density at radius 1 is 1.05 bits per heavy atom. The summed E-state index contributed by atoms with van der Waals surface area (Å²) in [4.78, 5) is 50.6. The van der Waals surface area contributed by atoms with Crippen molar-refractivity contribution in [2.75, 3.05) is 18.7 Å². The molecule has 0 saturated heterocycles. The van der Waals surface area contributed by atoms with Gasteiger partial charge >= 0.3 is 0 Å². The van der Waals surface area contributed by atoms with E-state index < -0.39 is 11.3 Å². The summed E-state index contributed by atoms with van der Waals surface area (Å²) in [6.07, 6.45) is 1.11. The smallest absolute Gasteiger partial charge is 0.259 e. The molecule has 42 heavy (non-hydrogen) atoms. The van der Waals surface area contributed by atoms with Crippen LogP contribution in [0.25, 0.3) is 0 Å². The second kappa shape index (κ2) is 12.1. The minimum Gasteiger partial charge on any atom is -0.454 e. The Bertz CT molecular complexity index is 1590. The Morgan fingerprint density at radius 2 is 1.83 bits per heavy atom. The predicted molar refractivity (Wildman–Crippen MR) is 161 cm³/mol. The number of thioether (sulfide) groups is 1. The average Bonchev–Trinajstić information content (AvgIpc) is 3.60. The lowest BCUT2D eigenvalue weighted by Gasteiger charge is -2.27. The van der Waals surface area contributed by atoms with Gasteiger partial charge in [-0.05, 0) is 42.7 Å². The zero-order valence-electron chi connectivity index (χ0n) is 22.9. The summed E-state index contributed by atoms with van der Waals surface area (Å²) in [5.74, 6) is 0.824. The topological polar surface area (TPSA) is 122 Å². The first-order chi connectivity index (χ1) is 20.5. The van der Waals surface area contributed by atoms with Crippen LogP contribution in [0, 0.1) is 0 Å². The maximum absolute atomic E-state index is 13.6. The number of nitrogens with one attached hydrogen (secondary N) is 2. The van der Waals surface area contributed by atoms with Gasteiger partial charge in [0.15, 0.2) is 16.7 Å². The van der Waals surface area contributed by atoms with Gasteiger partial charge in [-0.1, -0.05) is 61.2 Å². The summed E-state index contributed by atoms with van der Waals surface area (Å²) >= 11 is 1.20. The summed E-state index contributed by atoms with van der Waals surface area (Å²) in [6.45, 7) is 2.51. The van der Waals surface area contributed by atoms with Gasteiger partial charge < -0.3 is 20.1 Å². The van der Waals surface area contributed by atoms with Gasteiger partial charge in [-0.2, -0.15) is 0 Å². The van der Waals surface area contributed by atoms with Crippen LogP contribution in [0.1, 0.15) is 30.9 Å². The van der Waals surface area contributed by atoms with Crippen molar-refractivity contribution in [1.82, 2.24) is 10.2 Å². The monoisotopic (exact) mass is 583 g/mol. The highest BCUT2D eigenvalue weighted by Crippen LogP contribution is 2.37. The second-order valence-electron chi connectivity index (χ2n) is 9.92. The molecule has 0 saturated carbocycles. The molecule has 0 spiro atoms. The van der Waals surface area contributed by atoms with Crippen molar-refractivity contribution in [1.29, 1.82) is 0 Å². The maximum atomic E-state index is 13.6. The molecule has 2 atom stereocenters. The number of amides is 3. The van der Waals surface area contributed by atoms with Gasteiger partial charge in [0.1, 0.15) is 11.9 Å². The predicted octanol–water partition coefficient (Wildman–Crippen LogP) is 4.27. The van der Waals surface area contributed by atoms with Gasteiger partial charge in [0, 0.05) is 23.9 Å². The van der Waals surface area contributed by atoms with E-state index in [-0.39, 0.29) is 30.9 Å². The Hall–Kier alpha value is -4.64. The van der Waals surface area contributed by atoms with Gasteiger partial charge in [-0.15, -0.1) is 0 Å². The molecule has 2 N–H and O–H groups in total. The van der Waals surface area contributed by atoms with Crippen molar-refractivity contribution in [2.24, 2.45) is 9.98 Å². The molecule has 0 unspecified atom stereocenters. The third kappa shape index (κ3) is 5.73. The highest BCUT2D eigenvalue weighted by atomic mass is 32.2. The van der Waals surface area contributed by atoms with Gasteiger partial charge in [0.05, 0.1) is 17.4 Å². The van der Waals surface area contributed by atoms with E-state index in [1.807, 2.05) is 61.5 Å². The minimum atomic E-state index is -0.879. The van der Waals surface area contributed by atoms with E-state index in [0.29, 0.717) is 58.8 Å². The number of rotatable bonds is 9. The van der Waals surface area contributed by atoms with Crippen LogP contribution in [0.3, 0.4) is 0 Å². The third-order valence-corrected chi connectivity index (χ3v) is 8.37. The minimum absolute atomic E-state index is 0.0739. The quantitative estimate of drug-likeness (QED) is 0.388. The maximum Gasteiger partial charge on any atom is 0.259 e. The Labute approximate surface area is 247 Å². The van der Waals surface area contributed by atoms with Gasteiger partial charge in [-0.25, -0.2) is 9.89 Å². The fourth-order valence-corrected chi connectivity index (χ4v) is 5.92. The van der Waals surface area contributed by atoms with Crippen LogP contribution in [0.15, 0.2) is 82.8 Å². The molecule has 0 bridgehead atoms. The highest BCUT2D eigenvalue weighted by Gasteiger charge is 2.43. The largest absolute Gasteiger partial charge is 0.454 e. The molecule has 3 aliphatic heterocycles. The van der Waals surface area contributed by atoms with Crippen molar-refractivity contribution in [3.63, 3.8) is 0 Å². The summed E-state index contributed by atoms with van der Waals surface area (Å²) in [6, 6.07) is 21.6. The van der Waals surface area contributed by atoms with Crippen LogP contribution in [0.2, 0.25) is 0 Å². The molecule has 11 heteroatoms. The van der Waals surface area contributed by atoms with Crippen molar-refractivity contribution >= 4 is 51.9 Å². The van der Waals surface area contributed by atoms with Crippen molar-refractivity contribution in [2.45, 2.75) is 37.5 Å². The number of hydrogen-bond donors (Lipinski definition) is 2. The van der Waals surface area contributed by atoms with Crippen LogP contribution < -0.4 is 20.1 Å². The number of fused-ring (bicyclic) bond motifs is 4. The van der Waals surface area contributed by atoms with E-state index in [2.05, 4.69) is 15.6 Å².